The van der Waals surface area contributed by atoms with Crippen LogP contribution in [0.25, 0.3) is 11.4 Å². The molecule has 3 rings (SSSR count). The van der Waals surface area contributed by atoms with E-state index in [1.807, 2.05) is 39.0 Å². The van der Waals surface area contributed by atoms with Crippen molar-refractivity contribution >= 4 is 6.21 Å². The van der Waals surface area contributed by atoms with Crippen LogP contribution in [-0.4, -0.2) is 33.3 Å². The van der Waals surface area contributed by atoms with E-state index in [2.05, 4.69) is 9.97 Å². The largest absolute Gasteiger partial charge is 0.623 e. The third-order valence-corrected chi connectivity index (χ3v) is 3.15. The van der Waals surface area contributed by atoms with Crippen LogP contribution in [0.2, 0.25) is 0 Å². The number of hydrogen-bond donors (Lipinski definition) is 1. The minimum atomic E-state index is -0.488. The monoisotopic (exact) mass is 287 g/mol. The first-order valence-corrected chi connectivity index (χ1v) is 6.70. The third-order valence-electron chi connectivity index (χ3n) is 3.15. The number of hydrogen-bond acceptors (Lipinski definition) is 4. The van der Waals surface area contributed by atoms with Gasteiger partial charge in [-0.05, 0) is 18.2 Å². The van der Waals surface area contributed by atoms with Crippen LogP contribution in [0.3, 0.4) is 0 Å². The Morgan fingerprint density at radius 3 is 2.81 bits per heavy atom. The van der Waals surface area contributed by atoms with Crippen molar-refractivity contribution < 1.29 is 14.2 Å². The summed E-state index contributed by atoms with van der Waals surface area (Å²) in [4.78, 5) is 7.48. The van der Waals surface area contributed by atoms with Crippen LogP contribution in [0, 0.1) is 5.21 Å². The highest BCUT2D eigenvalue weighted by Gasteiger charge is 2.19. The quantitative estimate of drug-likeness (QED) is 0.399. The molecule has 0 radical (unpaired) electrons. The zero-order chi connectivity index (χ0) is 15.0. The highest BCUT2D eigenvalue weighted by molar-refractivity contribution is 5.74. The molecule has 110 valence electrons. The van der Waals surface area contributed by atoms with Gasteiger partial charge in [0.05, 0.1) is 0 Å². The van der Waals surface area contributed by atoms with Gasteiger partial charge in [-0.25, -0.2) is 9.72 Å². The maximum atomic E-state index is 11.9. The number of hydroxylamine groups is 1. The molecule has 1 aliphatic rings. The smallest absolute Gasteiger partial charge is 0.231 e. The van der Waals surface area contributed by atoms with E-state index < -0.39 is 5.54 Å². The van der Waals surface area contributed by atoms with E-state index >= 15 is 0 Å². The molecule has 0 bridgehead atoms. The Hall–Kier alpha value is -2.50. The molecule has 0 spiro atoms. The molecule has 0 amide bonds. The molecule has 0 atom stereocenters. The zero-order valence-corrected chi connectivity index (χ0v) is 12.2. The first kappa shape index (κ1) is 13.5. The molecule has 0 aliphatic carbocycles. The molecule has 0 fully saturated rings. The van der Waals surface area contributed by atoms with Gasteiger partial charge in [-0.15, -0.1) is 0 Å². The molecule has 1 aromatic heterocycles. The molecule has 0 saturated carbocycles. The van der Waals surface area contributed by atoms with Crippen LogP contribution < -0.4 is 9.47 Å². The SMILES string of the molecule is CC(C)(C)/[N+]([O-])=C/c1c[nH]c(-c2ccc3c(c2)OCO3)n1. The Kier molecular flexibility index (Phi) is 3.08. The minimum absolute atomic E-state index is 0.243. The number of rotatable bonds is 2. The fourth-order valence-electron chi connectivity index (χ4n) is 1.91. The highest BCUT2D eigenvalue weighted by Crippen LogP contribution is 2.35. The number of fused-ring (bicyclic) bond motifs is 1. The van der Waals surface area contributed by atoms with E-state index in [0.717, 1.165) is 16.1 Å². The van der Waals surface area contributed by atoms with E-state index in [0.29, 0.717) is 17.3 Å². The summed E-state index contributed by atoms with van der Waals surface area (Å²) in [5, 5.41) is 11.9. The lowest BCUT2D eigenvalue weighted by molar-refractivity contribution is -0.530. The van der Waals surface area contributed by atoms with E-state index in [1.54, 1.807) is 6.20 Å². The number of ether oxygens (including phenoxy) is 2. The van der Waals surface area contributed by atoms with Crippen molar-refractivity contribution in [3.63, 3.8) is 0 Å². The zero-order valence-electron chi connectivity index (χ0n) is 12.2. The number of H-pyrrole nitrogens is 1. The summed E-state index contributed by atoms with van der Waals surface area (Å²) >= 11 is 0. The molecule has 2 aromatic rings. The number of imidazole rings is 1. The van der Waals surface area contributed by atoms with Crippen molar-refractivity contribution in [1.29, 1.82) is 0 Å². The second-order valence-corrected chi connectivity index (χ2v) is 5.87. The molecule has 21 heavy (non-hydrogen) atoms. The van der Waals surface area contributed by atoms with Crippen molar-refractivity contribution in [2.45, 2.75) is 26.3 Å². The number of nitrogens with one attached hydrogen (secondary N) is 1. The standard InChI is InChI=1S/C15H17N3O3/c1-15(2,3)18(19)8-11-7-16-14(17-11)10-4-5-12-13(6-10)21-9-20-12/h4-8H,9H2,1-3H3,(H,16,17)/b18-8-. The van der Waals surface area contributed by atoms with Gasteiger partial charge in [-0.3, -0.25) is 0 Å². The topological polar surface area (TPSA) is 73.2 Å². The fraction of sp³-hybridized carbons (Fsp3) is 0.333. The second-order valence-electron chi connectivity index (χ2n) is 5.87. The molecule has 0 saturated heterocycles. The first-order chi connectivity index (χ1) is 9.93. The Morgan fingerprint density at radius 1 is 1.29 bits per heavy atom. The normalized spacial score (nSPS) is 14.5. The van der Waals surface area contributed by atoms with Crippen LogP contribution >= 0.6 is 0 Å². The van der Waals surface area contributed by atoms with E-state index in [-0.39, 0.29) is 6.79 Å². The average Bonchev–Trinajstić information content (AvgIpc) is 3.04. The molecule has 6 nitrogen and oxygen atoms in total. The lowest BCUT2D eigenvalue weighted by Crippen LogP contribution is -2.29. The van der Waals surface area contributed by atoms with Crippen LogP contribution in [0.4, 0.5) is 0 Å². The van der Waals surface area contributed by atoms with Gasteiger partial charge in [0, 0.05) is 32.5 Å². The van der Waals surface area contributed by atoms with Gasteiger partial charge < -0.3 is 19.7 Å². The van der Waals surface area contributed by atoms with Gasteiger partial charge in [-0.2, -0.15) is 0 Å². The van der Waals surface area contributed by atoms with Crippen LogP contribution in [0.5, 0.6) is 11.5 Å². The molecule has 1 N–H and O–H groups in total. The number of aromatic nitrogens is 2. The molecule has 0 unspecified atom stereocenters. The molecular formula is C15H17N3O3. The van der Waals surface area contributed by atoms with Crippen LogP contribution in [0.15, 0.2) is 24.4 Å². The van der Waals surface area contributed by atoms with Crippen molar-refractivity contribution in [3.05, 3.63) is 35.3 Å². The minimum Gasteiger partial charge on any atom is -0.623 e. The predicted octanol–water partition coefficient (Wildman–Crippen LogP) is 2.53. The van der Waals surface area contributed by atoms with E-state index in [9.17, 15) is 5.21 Å². The fourth-order valence-corrected chi connectivity index (χ4v) is 1.91. The lowest BCUT2D eigenvalue weighted by Gasteiger charge is -2.17. The number of nitrogens with zero attached hydrogens (tertiary/aromatic N) is 2. The summed E-state index contributed by atoms with van der Waals surface area (Å²) in [5.74, 6) is 2.12. The van der Waals surface area contributed by atoms with Crippen molar-refractivity contribution in [3.8, 4) is 22.9 Å². The van der Waals surface area contributed by atoms with Crippen molar-refractivity contribution in [1.82, 2.24) is 9.97 Å². The summed E-state index contributed by atoms with van der Waals surface area (Å²) in [6, 6.07) is 5.61. The Balaban J connectivity index is 1.89. The lowest BCUT2D eigenvalue weighted by atomic mass is 10.1. The van der Waals surface area contributed by atoms with Gasteiger partial charge in [0.15, 0.2) is 17.0 Å². The molecular weight excluding hydrogens is 270 g/mol. The van der Waals surface area contributed by atoms with Crippen LogP contribution in [-0.2, 0) is 0 Å². The van der Waals surface area contributed by atoms with Gasteiger partial charge in [0.2, 0.25) is 13.0 Å². The number of benzene rings is 1. The summed E-state index contributed by atoms with van der Waals surface area (Å²) < 4.78 is 11.5. The summed E-state index contributed by atoms with van der Waals surface area (Å²) in [7, 11) is 0. The maximum absolute atomic E-state index is 11.9. The highest BCUT2D eigenvalue weighted by atomic mass is 16.7. The Labute approximate surface area is 122 Å². The van der Waals surface area contributed by atoms with Gasteiger partial charge >= 0.3 is 0 Å². The average molecular weight is 287 g/mol. The summed E-state index contributed by atoms with van der Waals surface area (Å²) in [6.45, 7) is 5.79. The predicted molar refractivity (Wildman–Crippen MR) is 78.7 cm³/mol. The second kappa shape index (κ2) is 4.80. The van der Waals surface area contributed by atoms with Crippen molar-refractivity contribution in [2.75, 3.05) is 6.79 Å². The number of aromatic amines is 1. The summed E-state index contributed by atoms with van der Waals surface area (Å²) in [6.07, 6.45) is 3.18. The first-order valence-electron chi connectivity index (χ1n) is 6.70. The molecule has 6 heteroatoms. The molecule has 2 heterocycles. The van der Waals surface area contributed by atoms with Crippen LogP contribution in [0.1, 0.15) is 26.5 Å². The summed E-state index contributed by atoms with van der Waals surface area (Å²) in [5.41, 5.74) is 0.984. The van der Waals surface area contributed by atoms with E-state index in [1.165, 1.54) is 6.21 Å². The maximum Gasteiger partial charge on any atom is 0.231 e. The van der Waals surface area contributed by atoms with Gasteiger partial charge in [-0.1, -0.05) is 0 Å². The Bertz CT molecular complexity index is 698. The van der Waals surface area contributed by atoms with Gasteiger partial charge in [0.25, 0.3) is 0 Å². The third kappa shape index (κ3) is 2.69. The molecule has 1 aliphatic heterocycles. The van der Waals surface area contributed by atoms with Gasteiger partial charge in [0.1, 0.15) is 11.5 Å². The Morgan fingerprint density at radius 2 is 2.05 bits per heavy atom. The molecule has 1 aromatic carbocycles. The van der Waals surface area contributed by atoms with E-state index in [4.69, 9.17) is 9.47 Å². The van der Waals surface area contributed by atoms with Crippen molar-refractivity contribution in [2.24, 2.45) is 0 Å².